The molecule has 2 aliphatic rings. The molecule has 1 fully saturated rings. The molecule has 1 unspecified atom stereocenters. The van der Waals surface area contributed by atoms with Crippen molar-refractivity contribution in [2.45, 2.75) is 63.8 Å². The molecule has 3 heterocycles. The van der Waals surface area contributed by atoms with Crippen molar-refractivity contribution in [3.05, 3.63) is 129 Å². The average molecular weight is 626 g/mol. The van der Waals surface area contributed by atoms with E-state index in [9.17, 15) is 24.3 Å². The lowest BCUT2D eigenvalue weighted by atomic mass is 10.1. The van der Waals surface area contributed by atoms with Crippen molar-refractivity contribution >= 4 is 30.5 Å². The number of ether oxygens (including phenoxy) is 1. The lowest BCUT2D eigenvalue weighted by Crippen LogP contribution is -2.68. The van der Waals surface area contributed by atoms with Gasteiger partial charge in [0.25, 0.3) is 25.7 Å². The number of aromatic amines is 1. The van der Waals surface area contributed by atoms with E-state index in [0.29, 0.717) is 5.56 Å². The Labute approximate surface area is 261 Å². The number of H-pyrrole nitrogens is 1. The van der Waals surface area contributed by atoms with Crippen molar-refractivity contribution in [2.24, 2.45) is 0 Å². The number of fused-ring (bicyclic) bond motifs is 1. The summed E-state index contributed by atoms with van der Waals surface area (Å²) in [5.74, 6) is -1.28. The molecular weight excluding hydrogens is 590 g/mol. The van der Waals surface area contributed by atoms with Crippen LogP contribution in [0.4, 0.5) is 0 Å². The largest absolute Gasteiger partial charge is 0.401 e. The maximum atomic E-state index is 13.4. The Morgan fingerprint density at radius 1 is 0.867 bits per heavy atom. The normalized spacial score (nSPS) is 20.8. The Bertz CT molecular complexity index is 1790. The molecule has 3 aromatic carbocycles. The van der Waals surface area contributed by atoms with Gasteiger partial charge in [-0.25, -0.2) is 9.69 Å². The van der Waals surface area contributed by atoms with Crippen LogP contribution in [0.25, 0.3) is 0 Å². The molecule has 0 aliphatic carbocycles. The molecule has 10 nitrogen and oxygen atoms in total. The molecule has 2 N–H and O–H groups in total. The second kappa shape index (κ2) is 11.5. The number of carbonyl (C=O) groups excluding carboxylic acids is 2. The molecule has 11 heteroatoms. The third kappa shape index (κ3) is 5.11. The summed E-state index contributed by atoms with van der Waals surface area (Å²) >= 11 is 0. The number of imide groups is 1. The van der Waals surface area contributed by atoms with Crippen molar-refractivity contribution in [1.29, 1.82) is 0 Å². The van der Waals surface area contributed by atoms with Gasteiger partial charge in [0.05, 0.1) is 17.2 Å². The van der Waals surface area contributed by atoms with Gasteiger partial charge in [-0.1, -0.05) is 93.6 Å². The number of nitrogens with zero attached hydrogens (tertiary/aromatic N) is 2. The Morgan fingerprint density at radius 3 is 1.89 bits per heavy atom. The number of benzene rings is 3. The number of amides is 2. The third-order valence-electron chi connectivity index (χ3n) is 8.70. The Morgan fingerprint density at radius 2 is 1.38 bits per heavy atom. The highest BCUT2D eigenvalue weighted by atomic mass is 28.4. The zero-order chi connectivity index (χ0) is 32.1. The fourth-order valence-corrected chi connectivity index (χ4v) is 11.2. The van der Waals surface area contributed by atoms with E-state index in [1.165, 1.54) is 10.8 Å². The molecule has 6 rings (SSSR count). The van der Waals surface area contributed by atoms with Crippen LogP contribution in [0.1, 0.15) is 59.7 Å². The van der Waals surface area contributed by atoms with E-state index in [0.717, 1.165) is 15.3 Å². The van der Waals surface area contributed by atoms with Crippen LogP contribution >= 0.6 is 0 Å². The highest BCUT2D eigenvalue weighted by Gasteiger charge is 2.56. The van der Waals surface area contributed by atoms with Crippen molar-refractivity contribution in [2.75, 3.05) is 0 Å². The van der Waals surface area contributed by atoms with Crippen LogP contribution < -0.4 is 21.6 Å². The Balaban J connectivity index is 1.48. The van der Waals surface area contributed by atoms with Gasteiger partial charge in [-0.05, 0) is 34.5 Å². The minimum absolute atomic E-state index is 0.0980. The number of aromatic nitrogens is 2. The summed E-state index contributed by atoms with van der Waals surface area (Å²) in [5, 5.41) is 13.4. The predicted octanol–water partition coefficient (Wildman–Crippen LogP) is 2.69. The van der Waals surface area contributed by atoms with Crippen LogP contribution in [0.2, 0.25) is 5.04 Å². The van der Waals surface area contributed by atoms with Crippen LogP contribution in [0.5, 0.6) is 0 Å². The smallest absolute Gasteiger partial charge is 0.330 e. The second-order valence-corrected chi connectivity index (χ2v) is 16.8. The summed E-state index contributed by atoms with van der Waals surface area (Å²) < 4.78 is 15.0. The van der Waals surface area contributed by atoms with Gasteiger partial charge in [-0.3, -0.25) is 23.9 Å². The van der Waals surface area contributed by atoms with Crippen LogP contribution in [0, 0.1) is 6.92 Å². The number of hydrogen-bond acceptors (Lipinski definition) is 7. The molecule has 4 atom stereocenters. The van der Waals surface area contributed by atoms with E-state index < -0.39 is 61.1 Å². The first kappa shape index (κ1) is 30.6. The monoisotopic (exact) mass is 625 g/mol. The van der Waals surface area contributed by atoms with Gasteiger partial charge >= 0.3 is 5.69 Å². The van der Waals surface area contributed by atoms with Crippen molar-refractivity contribution in [3.63, 3.8) is 0 Å². The maximum Gasteiger partial charge on any atom is 0.330 e. The number of aliphatic hydroxyl groups is 1. The fraction of sp³-hybridized carbons (Fsp3) is 0.294. The van der Waals surface area contributed by atoms with E-state index >= 15 is 0 Å². The van der Waals surface area contributed by atoms with Crippen molar-refractivity contribution < 1.29 is 23.9 Å². The summed E-state index contributed by atoms with van der Waals surface area (Å²) in [6, 6.07) is 26.2. The van der Waals surface area contributed by atoms with Crippen LogP contribution in [-0.4, -0.2) is 58.1 Å². The summed E-state index contributed by atoms with van der Waals surface area (Å²) in [6.45, 7) is 7.90. The lowest BCUT2D eigenvalue weighted by Gasteiger charge is -2.45. The van der Waals surface area contributed by atoms with Gasteiger partial charge in [0.2, 0.25) is 0 Å². The standard InChI is InChI=1S/C34H35N3O7Si/c1-21-20-36(33(42)35-29(21)38)27-19-26(28(43-27)32(41)37-30(39)24-17-11-12-18-25(24)31(37)40)44-45(34(2,3)4,22-13-7-5-8-14-22)23-15-9-6-10-16-23/h5-18,20,26-28,32,41H,19H2,1-4H3,(H,35,38,42)/t26-,27+,28-,32?/m0/s1. The van der Waals surface area contributed by atoms with Gasteiger partial charge in [0.15, 0.2) is 6.23 Å². The van der Waals surface area contributed by atoms with E-state index in [1.54, 1.807) is 31.2 Å². The maximum absolute atomic E-state index is 13.4. The number of rotatable bonds is 7. The average Bonchev–Trinajstić information content (AvgIpc) is 3.55. The molecule has 1 aromatic heterocycles. The second-order valence-electron chi connectivity index (χ2n) is 12.5. The SMILES string of the molecule is Cc1cn([C@H]2C[C@H](O[Si](c3ccccc3)(c3ccccc3)C(C)(C)C)[C@@H](C(O)N3C(=O)c4ccccc4C3=O)O2)c(=O)[nH]c1=O. The number of aryl methyl sites for hydroxylation is 1. The molecular formula is C34H35N3O7Si. The zero-order valence-corrected chi connectivity index (χ0v) is 26.5. The highest BCUT2D eigenvalue weighted by Crippen LogP contribution is 2.42. The lowest BCUT2D eigenvalue weighted by molar-refractivity contribution is -0.116. The van der Waals surface area contributed by atoms with Crippen LogP contribution in [0.3, 0.4) is 0 Å². The van der Waals surface area contributed by atoms with Gasteiger partial charge in [-0.2, -0.15) is 0 Å². The number of aliphatic hydroxyl groups excluding tert-OH is 1. The first-order chi connectivity index (χ1) is 21.4. The molecule has 4 aromatic rings. The van der Waals surface area contributed by atoms with Gasteiger partial charge in [-0.15, -0.1) is 0 Å². The summed E-state index contributed by atoms with van der Waals surface area (Å²) in [5.41, 5.74) is -0.527. The molecule has 232 valence electrons. The van der Waals surface area contributed by atoms with Crippen molar-refractivity contribution in [3.8, 4) is 0 Å². The molecule has 1 saturated heterocycles. The molecule has 0 radical (unpaired) electrons. The van der Waals surface area contributed by atoms with Gasteiger partial charge in [0.1, 0.15) is 12.3 Å². The van der Waals surface area contributed by atoms with Crippen LogP contribution in [-0.2, 0) is 9.16 Å². The minimum atomic E-state index is -3.23. The van der Waals surface area contributed by atoms with Crippen LogP contribution in [0.15, 0.2) is 101 Å². The summed E-state index contributed by atoms with van der Waals surface area (Å²) in [4.78, 5) is 55.1. The molecule has 0 saturated carbocycles. The van der Waals surface area contributed by atoms with Gasteiger partial charge < -0.3 is 14.3 Å². The molecule has 2 amide bonds. The molecule has 45 heavy (non-hydrogen) atoms. The topological polar surface area (TPSA) is 131 Å². The summed E-state index contributed by atoms with van der Waals surface area (Å²) in [7, 11) is -3.23. The number of carbonyl (C=O) groups is 2. The quantitative estimate of drug-likeness (QED) is 0.239. The Hall–Kier alpha value is -4.42. The fourth-order valence-electron chi connectivity index (χ4n) is 6.53. The number of hydrogen-bond donors (Lipinski definition) is 2. The van der Waals surface area contributed by atoms with Gasteiger partial charge in [0, 0.05) is 18.2 Å². The van der Waals surface area contributed by atoms with E-state index in [1.807, 2.05) is 60.7 Å². The Kier molecular flexibility index (Phi) is 7.82. The zero-order valence-electron chi connectivity index (χ0n) is 25.5. The van der Waals surface area contributed by atoms with E-state index in [2.05, 4.69) is 25.8 Å². The predicted molar refractivity (Wildman–Crippen MR) is 170 cm³/mol. The first-order valence-electron chi connectivity index (χ1n) is 14.9. The third-order valence-corrected chi connectivity index (χ3v) is 13.8. The summed E-state index contributed by atoms with van der Waals surface area (Å²) in [6.07, 6.45) is -3.29. The molecule has 2 aliphatic heterocycles. The minimum Gasteiger partial charge on any atom is -0.401 e. The van der Waals surface area contributed by atoms with E-state index in [4.69, 9.17) is 9.16 Å². The molecule has 0 spiro atoms. The van der Waals surface area contributed by atoms with E-state index in [-0.39, 0.29) is 17.5 Å². The molecule has 0 bridgehead atoms. The first-order valence-corrected chi connectivity index (χ1v) is 16.8. The number of nitrogens with one attached hydrogen (secondary N) is 1. The van der Waals surface area contributed by atoms with Crippen molar-refractivity contribution in [1.82, 2.24) is 14.5 Å². The highest BCUT2D eigenvalue weighted by molar-refractivity contribution is 6.99.